The second kappa shape index (κ2) is 4.78. The van der Waals surface area contributed by atoms with Crippen LogP contribution in [0.4, 0.5) is 0 Å². The molecule has 0 saturated heterocycles. The Kier molecular flexibility index (Phi) is 3.34. The quantitative estimate of drug-likeness (QED) is 0.607. The van der Waals surface area contributed by atoms with Crippen LogP contribution in [0.3, 0.4) is 0 Å². The minimum absolute atomic E-state index is 0.121. The van der Waals surface area contributed by atoms with Crippen molar-refractivity contribution in [3.8, 4) is 0 Å². The number of carbonyl (C=O) groups excluding carboxylic acids is 2. The van der Waals surface area contributed by atoms with Crippen LogP contribution < -0.4 is 0 Å². The van der Waals surface area contributed by atoms with Crippen molar-refractivity contribution in [1.29, 1.82) is 0 Å². The summed E-state index contributed by atoms with van der Waals surface area (Å²) in [5.41, 5.74) is 0.913. The van der Waals surface area contributed by atoms with E-state index in [2.05, 4.69) is 0 Å². The normalized spacial score (nSPS) is 17.3. The Morgan fingerprint density at radius 1 is 1.28 bits per heavy atom. The number of rotatable bonds is 2. The van der Waals surface area contributed by atoms with Crippen LogP contribution in [0.25, 0.3) is 6.08 Å². The van der Waals surface area contributed by atoms with Crippen molar-refractivity contribution in [2.75, 3.05) is 0 Å². The van der Waals surface area contributed by atoms with Gasteiger partial charge in [0, 0.05) is 5.02 Å². The average Bonchev–Trinajstić information content (AvgIpc) is 2.57. The number of hydrogen-bond acceptors (Lipinski definition) is 3. The number of carbonyl (C=O) groups is 2. The van der Waals surface area contributed by atoms with E-state index in [1.807, 2.05) is 0 Å². The second-order valence-corrected chi connectivity index (χ2v) is 4.42. The molecule has 0 spiro atoms. The molecule has 0 fully saturated rings. The number of ether oxygens (including phenoxy) is 1. The average molecular weight is 263 g/mol. The van der Waals surface area contributed by atoms with Crippen LogP contribution in [0.15, 0.2) is 41.4 Å². The van der Waals surface area contributed by atoms with Gasteiger partial charge in [-0.3, -0.25) is 9.59 Å². The first-order valence-electron chi connectivity index (χ1n) is 5.40. The molecule has 0 N–H and O–H groups in total. The number of halogens is 1. The summed E-state index contributed by atoms with van der Waals surface area (Å²) < 4.78 is 5.32. The Bertz CT molecular complexity index is 580. The Morgan fingerprint density at radius 2 is 1.89 bits per heavy atom. The van der Waals surface area contributed by atoms with Crippen molar-refractivity contribution in [2.24, 2.45) is 0 Å². The molecule has 2 rings (SSSR count). The van der Waals surface area contributed by atoms with E-state index in [0.29, 0.717) is 10.8 Å². The minimum atomic E-state index is -0.366. The smallest absolute Gasteiger partial charge is 0.235 e. The summed E-state index contributed by atoms with van der Waals surface area (Å²) in [6.45, 7) is 2.96. The van der Waals surface area contributed by atoms with Gasteiger partial charge in [-0.25, -0.2) is 0 Å². The first-order valence-corrected chi connectivity index (χ1v) is 5.78. The molecule has 0 bridgehead atoms. The van der Waals surface area contributed by atoms with E-state index in [0.717, 1.165) is 5.56 Å². The van der Waals surface area contributed by atoms with Crippen LogP contribution in [0.5, 0.6) is 0 Å². The highest BCUT2D eigenvalue weighted by Crippen LogP contribution is 2.26. The van der Waals surface area contributed by atoms with E-state index in [-0.39, 0.29) is 22.9 Å². The Morgan fingerprint density at radius 3 is 2.39 bits per heavy atom. The summed E-state index contributed by atoms with van der Waals surface area (Å²) in [6.07, 6.45) is 1.60. The highest BCUT2D eigenvalue weighted by molar-refractivity contribution is 6.30. The van der Waals surface area contributed by atoms with Crippen molar-refractivity contribution >= 4 is 29.2 Å². The Hall–Kier alpha value is -1.87. The van der Waals surface area contributed by atoms with Crippen molar-refractivity contribution in [3.05, 3.63) is 51.9 Å². The molecule has 0 aromatic heterocycles. The van der Waals surface area contributed by atoms with Crippen LogP contribution in [-0.2, 0) is 14.3 Å². The first-order chi connectivity index (χ1) is 8.49. The molecule has 1 aromatic carbocycles. The van der Waals surface area contributed by atoms with Crippen molar-refractivity contribution in [3.63, 3.8) is 0 Å². The fourth-order valence-electron chi connectivity index (χ4n) is 1.76. The fourth-order valence-corrected chi connectivity index (χ4v) is 1.88. The topological polar surface area (TPSA) is 43.4 Å². The van der Waals surface area contributed by atoms with Gasteiger partial charge in [-0.15, -0.1) is 0 Å². The zero-order chi connectivity index (χ0) is 13.3. The highest BCUT2D eigenvalue weighted by Gasteiger charge is 2.30. The van der Waals surface area contributed by atoms with Gasteiger partial charge in [0.2, 0.25) is 5.78 Å². The van der Waals surface area contributed by atoms with Crippen LogP contribution in [0.2, 0.25) is 5.02 Å². The Labute approximate surface area is 110 Å². The van der Waals surface area contributed by atoms with Crippen molar-refractivity contribution in [2.45, 2.75) is 13.8 Å². The third kappa shape index (κ3) is 2.36. The van der Waals surface area contributed by atoms with Crippen LogP contribution >= 0.6 is 11.6 Å². The van der Waals surface area contributed by atoms with Crippen LogP contribution in [0, 0.1) is 0 Å². The summed E-state index contributed by atoms with van der Waals surface area (Å²) >= 11 is 5.77. The van der Waals surface area contributed by atoms with Gasteiger partial charge >= 0.3 is 0 Å². The van der Waals surface area contributed by atoms with Gasteiger partial charge in [-0.05, 0) is 37.6 Å². The van der Waals surface area contributed by atoms with E-state index >= 15 is 0 Å². The Balaban J connectivity index is 2.31. The molecule has 0 radical (unpaired) electrons. The van der Waals surface area contributed by atoms with Gasteiger partial charge in [-0.1, -0.05) is 23.7 Å². The molecular formula is C14H11ClO3. The number of ketones is 2. The number of hydrogen-bond donors (Lipinski definition) is 0. The minimum Gasteiger partial charge on any atom is -0.457 e. The largest absolute Gasteiger partial charge is 0.457 e. The SMILES string of the molecule is CC(=O)C1=C(C)O/C(=C\c2ccc(Cl)cc2)C1=O. The molecule has 1 aliphatic heterocycles. The van der Waals surface area contributed by atoms with Crippen molar-refractivity contribution < 1.29 is 14.3 Å². The van der Waals surface area contributed by atoms with Gasteiger partial charge in [0.25, 0.3) is 0 Å². The molecule has 0 atom stereocenters. The molecule has 0 amide bonds. The van der Waals surface area contributed by atoms with E-state index in [1.165, 1.54) is 6.92 Å². The lowest BCUT2D eigenvalue weighted by atomic mass is 10.1. The molecule has 3 nitrogen and oxygen atoms in total. The maximum Gasteiger partial charge on any atom is 0.235 e. The lowest BCUT2D eigenvalue weighted by Crippen LogP contribution is -2.07. The highest BCUT2D eigenvalue weighted by atomic mass is 35.5. The summed E-state index contributed by atoms with van der Waals surface area (Å²) in [4.78, 5) is 23.2. The zero-order valence-corrected chi connectivity index (χ0v) is 10.7. The molecule has 18 heavy (non-hydrogen) atoms. The molecular weight excluding hydrogens is 252 g/mol. The predicted octanol–water partition coefficient (Wildman–Crippen LogP) is 3.14. The van der Waals surface area contributed by atoms with Gasteiger partial charge in [0.15, 0.2) is 11.5 Å². The van der Waals surface area contributed by atoms with E-state index in [9.17, 15) is 9.59 Å². The van der Waals surface area contributed by atoms with Gasteiger partial charge in [0.1, 0.15) is 11.3 Å². The molecule has 0 saturated carbocycles. The standard InChI is InChI=1S/C14H11ClO3/c1-8(16)13-9(2)18-12(14(13)17)7-10-3-5-11(15)6-4-10/h3-7H,1-2H3/b12-7-. The molecule has 1 heterocycles. The van der Waals surface area contributed by atoms with Crippen molar-refractivity contribution in [1.82, 2.24) is 0 Å². The molecule has 1 aromatic rings. The van der Waals surface area contributed by atoms with E-state index in [1.54, 1.807) is 37.3 Å². The molecule has 0 aliphatic carbocycles. The molecule has 92 valence electrons. The lowest BCUT2D eigenvalue weighted by molar-refractivity contribution is -0.118. The van der Waals surface area contributed by atoms with Crippen LogP contribution in [-0.4, -0.2) is 11.6 Å². The molecule has 4 heteroatoms. The van der Waals surface area contributed by atoms with Crippen LogP contribution in [0.1, 0.15) is 19.4 Å². The van der Waals surface area contributed by atoms with Gasteiger partial charge in [-0.2, -0.15) is 0 Å². The van der Waals surface area contributed by atoms with E-state index in [4.69, 9.17) is 16.3 Å². The third-order valence-electron chi connectivity index (χ3n) is 2.59. The molecule has 0 unspecified atom stereocenters. The zero-order valence-electron chi connectivity index (χ0n) is 9.99. The summed E-state index contributed by atoms with van der Waals surface area (Å²) in [6, 6.07) is 6.99. The number of allylic oxidation sites excluding steroid dienone is 2. The fraction of sp³-hybridized carbons (Fsp3) is 0.143. The monoisotopic (exact) mass is 262 g/mol. The third-order valence-corrected chi connectivity index (χ3v) is 2.84. The number of benzene rings is 1. The van der Waals surface area contributed by atoms with Gasteiger partial charge in [0.05, 0.1) is 0 Å². The summed E-state index contributed by atoms with van der Waals surface area (Å²) in [5, 5.41) is 0.620. The summed E-state index contributed by atoms with van der Waals surface area (Å²) in [5.74, 6) is -0.125. The summed E-state index contributed by atoms with van der Waals surface area (Å²) in [7, 11) is 0. The van der Waals surface area contributed by atoms with E-state index < -0.39 is 0 Å². The lowest BCUT2D eigenvalue weighted by Gasteiger charge is -1.99. The molecule has 1 aliphatic rings. The maximum absolute atomic E-state index is 11.9. The second-order valence-electron chi connectivity index (χ2n) is 3.98. The maximum atomic E-state index is 11.9. The number of Topliss-reactive ketones (excluding diaryl/α,β-unsaturated/α-hetero) is 2. The predicted molar refractivity (Wildman–Crippen MR) is 68.9 cm³/mol. The first kappa shape index (κ1) is 12.6. The van der Waals surface area contributed by atoms with Gasteiger partial charge < -0.3 is 4.74 Å².